The molecule has 0 fully saturated rings. The molecule has 0 rings (SSSR count). The molecule has 5 heteroatoms. The van der Waals surface area contributed by atoms with Crippen LogP contribution >= 0.6 is 0 Å². The van der Waals surface area contributed by atoms with Gasteiger partial charge in [-0.05, 0) is 31.8 Å². The molecule has 0 radical (unpaired) electrons. The zero-order chi connectivity index (χ0) is 19.5. The van der Waals surface area contributed by atoms with Gasteiger partial charge in [-0.2, -0.15) is 0 Å². The molecule has 5 nitrogen and oxygen atoms in total. The van der Waals surface area contributed by atoms with E-state index in [0.29, 0.717) is 12.8 Å². The minimum absolute atomic E-state index is 0.0903. The van der Waals surface area contributed by atoms with E-state index in [-0.39, 0.29) is 24.8 Å². The quantitative estimate of drug-likeness (QED) is 0.254. The Bertz CT molecular complexity index is 382. The van der Waals surface area contributed by atoms with Gasteiger partial charge >= 0.3 is 0 Å². The fraction of sp³-hybridized carbons (Fsp3) is 0.810. The molecule has 0 aromatic rings. The van der Waals surface area contributed by atoms with Crippen LogP contribution in [-0.2, 0) is 9.59 Å². The van der Waals surface area contributed by atoms with Crippen LogP contribution in [0, 0.1) is 0 Å². The van der Waals surface area contributed by atoms with Crippen molar-refractivity contribution in [3.63, 3.8) is 0 Å². The summed E-state index contributed by atoms with van der Waals surface area (Å²) in [4.78, 5) is 23.2. The zero-order valence-electron chi connectivity index (χ0n) is 16.5. The standard InChI is InChI=1S/C21H39NO4/c1-2-3-4-5-6-8-11-14-19(24)15-12-9-7-10-13-16-21(26)22-17-20(25)18-23/h11,14,20,23,25H,2-10,12-13,15-18H2,1H3,(H,22,26)/b14-11+. The number of hydrogen-bond acceptors (Lipinski definition) is 4. The van der Waals surface area contributed by atoms with E-state index in [1.807, 2.05) is 6.08 Å². The van der Waals surface area contributed by atoms with E-state index in [1.54, 1.807) is 6.08 Å². The van der Waals surface area contributed by atoms with Gasteiger partial charge in [-0.1, -0.05) is 57.9 Å². The summed E-state index contributed by atoms with van der Waals surface area (Å²) in [5, 5.41) is 20.4. The smallest absolute Gasteiger partial charge is 0.220 e. The summed E-state index contributed by atoms with van der Waals surface area (Å²) >= 11 is 0. The molecule has 0 aliphatic carbocycles. The third kappa shape index (κ3) is 17.6. The highest BCUT2D eigenvalue weighted by atomic mass is 16.3. The lowest BCUT2D eigenvalue weighted by molar-refractivity contribution is -0.121. The molecule has 0 aromatic heterocycles. The second kappa shape index (κ2) is 18.6. The molecule has 152 valence electrons. The SMILES string of the molecule is CCCCCCC/C=C/C(=O)CCCCCCCC(=O)NCC(O)CO. The highest BCUT2D eigenvalue weighted by Gasteiger charge is 2.05. The number of unbranched alkanes of at least 4 members (excludes halogenated alkanes) is 9. The first kappa shape index (κ1) is 24.8. The molecule has 26 heavy (non-hydrogen) atoms. The third-order valence-electron chi connectivity index (χ3n) is 4.35. The molecule has 0 spiro atoms. The van der Waals surface area contributed by atoms with Gasteiger partial charge in [0.05, 0.1) is 12.7 Å². The lowest BCUT2D eigenvalue weighted by atomic mass is 10.1. The minimum Gasteiger partial charge on any atom is -0.394 e. The van der Waals surface area contributed by atoms with Gasteiger partial charge in [-0.3, -0.25) is 9.59 Å². The van der Waals surface area contributed by atoms with E-state index in [2.05, 4.69) is 12.2 Å². The molecule has 1 unspecified atom stereocenters. The van der Waals surface area contributed by atoms with Crippen molar-refractivity contribution >= 4 is 11.7 Å². The molecule has 0 saturated carbocycles. The monoisotopic (exact) mass is 369 g/mol. The van der Waals surface area contributed by atoms with Crippen molar-refractivity contribution in [2.24, 2.45) is 0 Å². The first-order valence-electron chi connectivity index (χ1n) is 10.3. The van der Waals surface area contributed by atoms with Crippen LogP contribution in [0.2, 0.25) is 0 Å². The van der Waals surface area contributed by atoms with Crippen LogP contribution in [0.3, 0.4) is 0 Å². The number of carbonyl (C=O) groups excluding carboxylic acids is 2. The Hall–Kier alpha value is -1.20. The number of hydrogen-bond donors (Lipinski definition) is 3. The largest absolute Gasteiger partial charge is 0.394 e. The van der Waals surface area contributed by atoms with Crippen LogP contribution in [0.25, 0.3) is 0 Å². The van der Waals surface area contributed by atoms with Crippen LogP contribution in [0.15, 0.2) is 12.2 Å². The van der Waals surface area contributed by atoms with Crippen molar-refractivity contribution in [2.45, 2.75) is 96.5 Å². The lowest BCUT2D eigenvalue weighted by Gasteiger charge is -2.08. The summed E-state index contributed by atoms with van der Waals surface area (Å²) in [6, 6.07) is 0. The third-order valence-corrected chi connectivity index (χ3v) is 4.35. The molecular weight excluding hydrogens is 330 g/mol. The van der Waals surface area contributed by atoms with E-state index in [0.717, 1.165) is 38.5 Å². The Balaban J connectivity index is 3.40. The number of aliphatic hydroxyl groups is 2. The lowest BCUT2D eigenvalue weighted by Crippen LogP contribution is -2.33. The fourth-order valence-corrected chi connectivity index (χ4v) is 2.66. The number of carbonyl (C=O) groups is 2. The van der Waals surface area contributed by atoms with Crippen molar-refractivity contribution < 1.29 is 19.8 Å². The van der Waals surface area contributed by atoms with Crippen LogP contribution in [0.4, 0.5) is 0 Å². The minimum atomic E-state index is -0.883. The van der Waals surface area contributed by atoms with Gasteiger partial charge in [-0.25, -0.2) is 0 Å². The maximum absolute atomic E-state index is 11.7. The summed E-state index contributed by atoms with van der Waals surface area (Å²) in [6.45, 7) is 1.97. The molecule has 0 aliphatic rings. The zero-order valence-corrected chi connectivity index (χ0v) is 16.5. The van der Waals surface area contributed by atoms with Gasteiger partial charge < -0.3 is 15.5 Å². The van der Waals surface area contributed by atoms with Crippen LogP contribution in [-0.4, -0.2) is 41.2 Å². The molecule has 0 bridgehead atoms. The molecule has 1 atom stereocenters. The molecule has 0 aliphatic heterocycles. The van der Waals surface area contributed by atoms with Crippen molar-refractivity contribution in [3.8, 4) is 0 Å². The Morgan fingerprint density at radius 2 is 1.54 bits per heavy atom. The average molecular weight is 370 g/mol. The number of allylic oxidation sites excluding steroid dienone is 2. The van der Waals surface area contributed by atoms with E-state index in [1.165, 1.54) is 32.1 Å². The maximum atomic E-state index is 11.7. The van der Waals surface area contributed by atoms with Gasteiger partial charge in [0.15, 0.2) is 5.78 Å². The Kier molecular flexibility index (Phi) is 17.7. The summed E-state index contributed by atoms with van der Waals surface area (Å²) in [5.74, 6) is 0.132. The molecular formula is C21H39NO4. The average Bonchev–Trinajstić information content (AvgIpc) is 2.64. The van der Waals surface area contributed by atoms with E-state index >= 15 is 0 Å². The van der Waals surface area contributed by atoms with Gasteiger partial charge in [0.1, 0.15) is 0 Å². The van der Waals surface area contributed by atoms with Crippen LogP contribution in [0.5, 0.6) is 0 Å². The molecule has 1 amide bonds. The predicted molar refractivity (Wildman–Crippen MR) is 106 cm³/mol. The van der Waals surface area contributed by atoms with E-state index in [4.69, 9.17) is 10.2 Å². The van der Waals surface area contributed by atoms with Crippen molar-refractivity contribution in [1.29, 1.82) is 0 Å². The van der Waals surface area contributed by atoms with Crippen LogP contribution < -0.4 is 5.32 Å². The predicted octanol–water partition coefficient (Wildman–Crippen LogP) is 3.67. The summed E-state index contributed by atoms with van der Waals surface area (Å²) in [6.07, 6.45) is 16.0. The number of ketones is 1. The Labute approximate surface area is 159 Å². The molecule has 0 saturated heterocycles. The normalized spacial score (nSPS) is 12.4. The van der Waals surface area contributed by atoms with Gasteiger partial charge in [0, 0.05) is 19.4 Å². The second-order valence-electron chi connectivity index (χ2n) is 6.98. The summed E-state index contributed by atoms with van der Waals surface area (Å²) in [7, 11) is 0. The topological polar surface area (TPSA) is 86.6 Å². The Morgan fingerprint density at radius 1 is 0.923 bits per heavy atom. The molecule has 0 aromatic carbocycles. The number of amides is 1. The highest BCUT2D eigenvalue weighted by Crippen LogP contribution is 2.09. The van der Waals surface area contributed by atoms with Gasteiger partial charge in [-0.15, -0.1) is 0 Å². The Morgan fingerprint density at radius 3 is 2.23 bits per heavy atom. The maximum Gasteiger partial charge on any atom is 0.220 e. The fourth-order valence-electron chi connectivity index (χ4n) is 2.66. The van der Waals surface area contributed by atoms with Gasteiger partial charge in [0.2, 0.25) is 5.91 Å². The van der Waals surface area contributed by atoms with Crippen molar-refractivity contribution in [2.75, 3.05) is 13.2 Å². The number of rotatable bonds is 18. The second-order valence-corrected chi connectivity index (χ2v) is 6.98. The van der Waals surface area contributed by atoms with Crippen LogP contribution in [0.1, 0.15) is 90.4 Å². The summed E-state index contributed by atoms with van der Waals surface area (Å²) in [5.41, 5.74) is 0. The van der Waals surface area contributed by atoms with E-state index < -0.39 is 6.10 Å². The van der Waals surface area contributed by atoms with Crippen molar-refractivity contribution in [1.82, 2.24) is 5.32 Å². The summed E-state index contributed by atoms with van der Waals surface area (Å²) < 4.78 is 0. The van der Waals surface area contributed by atoms with Gasteiger partial charge in [0.25, 0.3) is 0 Å². The number of aliphatic hydroxyl groups excluding tert-OH is 2. The molecule has 0 heterocycles. The first-order chi connectivity index (χ1) is 12.6. The highest BCUT2D eigenvalue weighted by molar-refractivity contribution is 5.89. The van der Waals surface area contributed by atoms with E-state index in [9.17, 15) is 9.59 Å². The molecule has 3 N–H and O–H groups in total. The van der Waals surface area contributed by atoms with Crippen molar-refractivity contribution in [3.05, 3.63) is 12.2 Å². The number of nitrogens with one attached hydrogen (secondary N) is 1. The first-order valence-corrected chi connectivity index (χ1v) is 10.3.